The van der Waals surface area contributed by atoms with Gasteiger partial charge in [-0.05, 0) is 30.3 Å². The number of carbonyl (C=O) groups is 1. The second kappa shape index (κ2) is 7.98. The van der Waals surface area contributed by atoms with Gasteiger partial charge < -0.3 is 14.4 Å². The number of methoxy groups -OCH3 is 2. The van der Waals surface area contributed by atoms with Crippen LogP contribution >= 0.6 is 0 Å². The summed E-state index contributed by atoms with van der Waals surface area (Å²) in [5, 5.41) is 0.482. The first-order valence-electron chi connectivity index (χ1n) is 8.68. The van der Waals surface area contributed by atoms with E-state index in [2.05, 4.69) is 4.98 Å². The molecule has 0 aliphatic rings. The number of ether oxygens (including phenoxy) is 2. The molecule has 8 heteroatoms. The molecule has 152 valence electrons. The number of hydrogen-bond acceptors (Lipinski definition) is 4. The predicted octanol–water partition coefficient (Wildman–Crippen LogP) is 4.55. The quantitative estimate of drug-likeness (QED) is 0.626. The van der Waals surface area contributed by atoms with Crippen LogP contribution in [0.15, 0.2) is 48.5 Å². The maximum Gasteiger partial charge on any atom is 0.406 e. The molecule has 1 amide bonds. The van der Waals surface area contributed by atoms with Crippen molar-refractivity contribution in [3.63, 3.8) is 0 Å². The lowest BCUT2D eigenvalue weighted by Crippen LogP contribution is -2.36. The third-order valence-corrected chi connectivity index (χ3v) is 4.39. The van der Waals surface area contributed by atoms with Crippen molar-refractivity contribution >= 4 is 16.8 Å². The number of rotatable bonds is 5. The van der Waals surface area contributed by atoms with E-state index in [-0.39, 0.29) is 5.56 Å². The Hall–Kier alpha value is -3.29. The van der Waals surface area contributed by atoms with E-state index in [1.165, 1.54) is 20.3 Å². The van der Waals surface area contributed by atoms with Gasteiger partial charge in [0.25, 0.3) is 5.91 Å². The van der Waals surface area contributed by atoms with Gasteiger partial charge in [-0.25, -0.2) is 4.98 Å². The van der Waals surface area contributed by atoms with Crippen molar-refractivity contribution < 1.29 is 27.4 Å². The summed E-state index contributed by atoms with van der Waals surface area (Å²) in [5.41, 5.74) is 1.73. The number of alkyl halides is 3. The lowest BCUT2D eigenvalue weighted by Gasteiger charge is -2.20. The lowest BCUT2D eigenvalue weighted by molar-refractivity contribution is -0.138. The first-order valence-corrected chi connectivity index (χ1v) is 8.68. The average molecular weight is 404 g/mol. The van der Waals surface area contributed by atoms with E-state index in [4.69, 9.17) is 9.47 Å². The number of aromatic nitrogens is 1. The van der Waals surface area contributed by atoms with Gasteiger partial charge in [-0.15, -0.1) is 0 Å². The smallest absolute Gasteiger partial charge is 0.406 e. The Balaban J connectivity index is 2.13. The third-order valence-electron chi connectivity index (χ3n) is 4.39. The number of benzene rings is 2. The summed E-state index contributed by atoms with van der Waals surface area (Å²) < 4.78 is 48.8. The summed E-state index contributed by atoms with van der Waals surface area (Å²) in [6.45, 7) is -1.34. The number of nitrogens with zero attached hydrogens (tertiary/aromatic N) is 2. The topological polar surface area (TPSA) is 51.7 Å². The van der Waals surface area contributed by atoms with Crippen molar-refractivity contribution in [1.82, 2.24) is 9.88 Å². The van der Waals surface area contributed by atoms with Crippen molar-refractivity contribution in [2.24, 2.45) is 0 Å². The molecule has 0 saturated carbocycles. The Bertz CT molecular complexity index is 1050. The minimum atomic E-state index is -4.49. The summed E-state index contributed by atoms with van der Waals surface area (Å²) in [7, 11) is 4.14. The number of fused-ring (bicyclic) bond motifs is 1. The normalized spacial score (nSPS) is 11.4. The van der Waals surface area contributed by atoms with E-state index in [0.29, 0.717) is 38.6 Å². The van der Waals surface area contributed by atoms with Crippen LogP contribution < -0.4 is 9.47 Å². The molecular weight excluding hydrogens is 385 g/mol. The molecule has 0 bridgehead atoms. The number of amides is 1. The molecular formula is C21H19F3N2O3. The van der Waals surface area contributed by atoms with Crippen LogP contribution in [0.5, 0.6) is 11.5 Å². The van der Waals surface area contributed by atoms with E-state index in [0.717, 1.165) is 7.05 Å². The molecule has 29 heavy (non-hydrogen) atoms. The van der Waals surface area contributed by atoms with Crippen LogP contribution in [-0.2, 0) is 0 Å². The molecule has 0 unspecified atom stereocenters. The highest BCUT2D eigenvalue weighted by Crippen LogP contribution is 2.33. The van der Waals surface area contributed by atoms with E-state index in [1.807, 2.05) is 0 Å². The van der Waals surface area contributed by atoms with Crippen molar-refractivity contribution in [3.8, 4) is 22.8 Å². The molecule has 0 atom stereocenters. The number of halogens is 3. The van der Waals surface area contributed by atoms with Gasteiger partial charge in [0, 0.05) is 18.0 Å². The Labute approximate surface area is 165 Å². The SMILES string of the molecule is COc1ccc(-c2cc(C(=O)N(C)CC(F)(F)F)c3ccccc3n2)cc1OC. The van der Waals surface area contributed by atoms with E-state index in [1.54, 1.807) is 42.5 Å². The summed E-state index contributed by atoms with van der Waals surface area (Å²) in [6.07, 6.45) is -4.49. The van der Waals surface area contributed by atoms with Crippen LogP contribution in [0.25, 0.3) is 22.2 Å². The fourth-order valence-corrected chi connectivity index (χ4v) is 3.04. The van der Waals surface area contributed by atoms with Gasteiger partial charge >= 0.3 is 6.18 Å². The van der Waals surface area contributed by atoms with Crippen LogP contribution in [0.1, 0.15) is 10.4 Å². The second-order valence-electron chi connectivity index (χ2n) is 6.42. The lowest BCUT2D eigenvalue weighted by atomic mass is 10.0. The highest BCUT2D eigenvalue weighted by Gasteiger charge is 2.32. The largest absolute Gasteiger partial charge is 0.493 e. The molecule has 0 N–H and O–H groups in total. The Kier molecular flexibility index (Phi) is 5.63. The van der Waals surface area contributed by atoms with Crippen LogP contribution in [0.3, 0.4) is 0 Å². The average Bonchev–Trinajstić information content (AvgIpc) is 2.70. The molecule has 0 aliphatic heterocycles. The molecule has 3 rings (SSSR count). The van der Waals surface area contributed by atoms with Gasteiger partial charge in [0.15, 0.2) is 11.5 Å². The van der Waals surface area contributed by atoms with Gasteiger partial charge in [0.1, 0.15) is 6.54 Å². The van der Waals surface area contributed by atoms with Crippen LogP contribution in [-0.4, -0.2) is 49.8 Å². The fraction of sp³-hybridized carbons (Fsp3) is 0.238. The minimum Gasteiger partial charge on any atom is -0.493 e. The van der Waals surface area contributed by atoms with Gasteiger partial charge in [-0.1, -0.05) is 18.2 Å². The van der Waals surface area contributed by atoms with E-state index < -0.39 is 18.6 Å². The van der Waals surface area contributed by atoms with Crippen molar-refractivity contribution in [3.05, 3.63) is 54.1 Å². The highest BCUT2D eigenvalue weighted by molar-refractivity contribution is 6.07. The fourth-order valence-electron chi connectivity index (χ4n) is 3.04. The Morgan fingerprint density at radius 1 is 1.03 bits per heavy atom. The molecule has 2 aromatic carbocycles. The zero-order chi connectivity index (χ0) is 21.2. The third kappa shape index (κ3) is 4.42. The van der Waals surface area contributed by atoms with Crippen LogP contribution in [0.4, 0.5) is 13.2 Å². The maximum absolute atomic E-state index is 12.8. The number of hydrogen-bond donors (Lipinski definition) is 0. The zero-order valence-electron chi connectivity index (χ0n) is 16.1. The molecule has 0 radical (unpaired) electrons. The Morgan fingerprint density at radius 2 is 1.72 bits per heavy atom. The number of para-hydroxylation sites is 1. The molecule has 0 spiro atoms. The van der Waals surface area contributed by atoms with Crippen molar-refractivity contribution in [2.45, 2.75) is 6.18 Å². The summed E-state index contributed by atoms with van der Waals surface area (Å²) >= 11 is 0. The van der Waals surface area contributed by atoms with Crippen LogP contribution in [0, 0.1) is 0 Å². The second-order valence-corrected chi connectivity index (χ2v) is 6.42. The first-order chi connectivity index (χ1) is 13.7. The maximum atomic E-state index is 12.8. The molecule has 1 aromatic heterocycles. The summed E-state index contributed by atoms with van der Waals surface area (Å²) in [6, 6.07) is 13.5. The first kappa shape index (κ1) is 20.4. The Morgan fingerprint density at radius 3 is 2.38 bits per heavy atom. The molecule has 1 heterocycles. The van der Waals surface area contributed by atoms with Crippen molar-refractivity contribution in [1.29, 1.82) is 0 Å². The monoisotopic (exact) mass is 404 g/mol. The zero-order valence-corrected chi connectivity index (χ0v) is 16.1. The molecule has 5 nitrogen and oxygen atoms in total. The minimum absolute atomic E-state index is 0.145. The summed E-state index contributed by atoms with van der Waals surface area (Å²) in [4.78, 5) is 18.0. The van der Waals surface area contributed by atoms with Crippen molar-refractivity contribution in [2.75, 3.05) is 27.8 Å². The summed E-state index contributed by atoms with van der Waals surface area (Å²) in [5.74, 6) is 0.267. The standard InChI is InChI=1S/C21H19F3N2O3/c1-26(12-21(22,23)24)20(27)15-11-17(25-16-7-5-4-6-14(15)16)13-8-9-18(28-2)19(10-13)29-3/h4-11H,12H2,1-3H3. The molecule has 0 aliphatic carbocycles. The van der Waals surface area contributed by atoms with Crippen LogP contribution in [0.2, 0.25) is 0 Å². The van der Waals surface area contributed by atoms with Gasteiger partial charge in [0.05, 0.1) is 31.0 Å². The van der Waals surface area contributed by atoms with E-state index in [9.17, 15) is 18.0 Å². The predicted molar refractivity (Wildman–Crippen MR) is 103 cm³/mol. The molecule has 0 saturated heterocycles. The van der Waals surface area contributed by atoms with E-state index >= 15 is 0 Å². The molecule has 3 aromatic rings. The van der Waals surface area contributed by atoms with Gasteiger partial charge in [-0.2, -0.15) is 13.2 Å². The highest BCUT2D eigenvalue weighted by atomic mass is 19.4. The number of carbonyl (C=O) groups excluding carboxylic acids is 1. The van der Waals surface area contributed by atoms with Gasteiger partial charge in [-0.3, -0.25) is 4.79 Å². The molecule has 0 fully saturated rings. The van der Waals surface area contributed by atoms with Gasteiger partial charge in [0.2, 0.25) is 0 Å². The number of pyridine rings is 1.